The van der Waals surface area contributed by atoms with Crippen LogP contribution in [-0.2, 0) is 5.41 Å². The van der Waals surface area contributed by atoms with Gasteiger partial charge in [-0.25, -0.2) is 0 Å². The van der Waals surface area contributed by atoms with Crippen molar-refractivity contribution in [3.05, 3.63) is 34.2 Å². The van der Waals surface area contributed by atoms with Crippen molar-refractivity contribution in [2.75, 3.05) is 19.7 Å². The van der Waals surface area contributed by atoms with E-state index in [1.54, 1.807) is 11.3 Å². The number of benzene rings is 1. The molecule has 0 unspecified atom stereocenters. The van der Waals surface area contributed by atoms with Crippen LogP contribution in [-0.4, -0.2) is 24.8 Å². The molecule has 2 nitrogen and oxygen atoms in total. The van der Waals surface area contributed by atoms with Crippen molar-refractivity contribution in [2.24, 2.45) is 0 Å². The molecule has 0 aliphatic carbocycles. The SMILES string of the molecule is OCC1(c2cc3cc(Cl)ccc3s2)CCNCC1. The summed E-state index contributed by atoms with van der Waals surface area (Å²) in [5, 5.41) is 15.1. The third-order valence-electron chi connectivity index (χ3n) is 3.86. The molecule has 18 heavy (non-hydrogen) atoms. The Labute approximate surface area is 116 Å². The molecule has 2 N–H and O–H groups in total. The molecule has 1 aromatic carbocycles. The first-order valence-corrected chi connectivity index (χ1v) is 7.44. The monoisotopic (exact) mass is 281 g/mol. The zero-order chi connectivity index (χ0) is 12.6. The van der Waals surface area contributed by atoms with Crippen molar-refractivity contribution < 1.29 is 5.11 Å². The standard InChI is InChI=1S/C14H16ClNOS/c15-11-1-2-12-10(7-11)8-13(18-12)14(9-17)3-5-16-6-4-14/h1-2,7-8,16-17H,3-6,9H2. The second-order valence-corrected chi connectivity index (χ2v) is 6.50. The zero-order valence-electron chi connectivity index (χ0n) is 10.1. The van der Waals surface area contributed by atoms with E-state index in [1.807, 2.05) is 12.1 Å². The molecule has 2 aromatic rings. The maximum absolute atomic E-state index is 9.83. The van der Waals surface area contributed by atoms with Crippen molar-refractivity contribution >= 4 is 33.0 Å². The van der Waals surface area contributed by atoms with E-state index in [4.69, 9.17) is 11.6 Å². The van der Waals surface area contributed by atoms with E-state index in [0.29, 0.717) is 0 Å². The number of piperidine rings is 1. The van der Waals surface area contributed by atoms with Crippen molar-refractivity contribution in [1.29, 1.82) is 0 Å². The lowest BCUT2D eigenvalue weighted by Crippen LogP contribution is -2.41. The second kappa shape index (κ2) is 4.82. The van der Waals surface area contributed by atoms with Gasteiger partial charge in [-0.1, -0.05) is 11.6 Å². The molecule has 3 rings (SSSR count). The van der Waals surface area contributed by atoms with E-state index < -0.39 is 0 Å². The smallest absolute Gasteiger partial charge is 0.0536 e. The molecule has 1 saturated heterocycles. The number of hydrogen-bond acceptors (Lipinski definition) is 3. The summed E-state index contributed by atoms with van der Waals surface area (Å²) in [5.74, 6) is 0. The molecular formula is C14H16ClNOS. The molecule has 4 heteroatoms. The number of hydrogen-bond donors (Lipinski definition) is 2. The number of fused-ring (bicyclic) bond motifs is 1. The molecule has 1 aliphatic rings. The highest BCUT2D eigenvalue weighted by atomic mass is 35.5. The highest BCUT2D eigenvalue weighted by Gasteiger charge is 2.34. The van der Waals surface area contributed by atoms with Gasteiger partial charge < -0.3 is 10.4 Å². The fraction of sp³-hybridized carbons (Fsp3) is 0.429. The number of aliphatic hydroxyl groups excluding tert-OH is 1. The summed E-state index contributed by atoms with van der Waals surface area (Å²) in [6.07, 6.45) is 2.01. The molecule has 1 aromatic heterocycles. The van der Waals surface area contributed by atoms with Crippen LogP contribution in [0.3, 0.4) is 0 Å². The van der Waals surface area contributed by atoms with E-state index in [9.17, 15) is 5.11 Å². The van der Waals surface area contributed by atoms with Gasteiger partial charge in [-0.05, 0) is 55.6 Å². The van der Waals surface area contributed by atoms with Crippen molar-refractivity contribution in [3.63, 3.8) is 0 Å². The summed E-state index contributed by atoms with van der Waals surface area (Å²) in [7, 11) is 0. The molecule has 2 heterocycles. The van der Waals surface area contributed by atoms with Crippen LogP contribution < -0.4 is 5.32 Å². The van der Waals surface area contributed by atoms with Gasteiger partial charge in [0.1, 0.15) is 0 Å². The van der Waals surface area contributed by atoms with Crippen molar-refractivity contribution in [1.82, 2.24) is 5.32 Å². The minimum atomic E-state index is -0.0542. The first-order valence-electron chi connectivity index (χ1n) is 6.25. The van der Waals surface area contributed by atoms with Crippen molar-refractivity contribution in [3.8, 4) is 0 Å². The number of rotatable bonds is 2. The number of thiophene rings is 1. The summed E-state index contributed by atoms with van der Waals surface area (Å²) in [5.41, 5.74) is -0.0542. The van der Waals surface area contributed by atoms with Crippen LogP contribution in [0.5, 0.6) is 0 Å². The quantitative estimate of drug-likeness (QED) is 0.886. The Kier molecular flexibility index (Phi) is 3.32. The summed E-state index contributed by atoms with van der Waals surface area (Å²) >= 11 is 7.82. The summed E-state index contributed by atoms with van der Waals surface area (Å²) in [4.78, 5) is 1.30. The topological polar surface area (TPSA) is 32.3 Å². The lowest BCUT2D eigenvalue weighted by molar-refractivity contribution is 0.161. The molecule has 96 valence electrons. The first kappa shape index (κ1) is 12.4. The van der Waals surface area contributed by atoms with Gasteiger partial charge in [-0.2, -0.15) is 0 Å². The molecule has 0 atom stereocenters. The summed E-state index contributed by atoms with van der Waals surface area (Å²) in [6.45, 7) is 2.19. The fourth-order valence-corrected chi connectivity index (χ4v) is 4.12. The predicted octanol–water partition coefficient (Wildman–Crippen LogP) is 3.17. The first-order chi connectivity index (χ1) is 8.73. The summed E-state index contributed by atoms with van der Waals surface area (Å²) in [6, 6.07) is 8.20. The molecule has 0 radical (unpaired) electrons. The van der Waals surface area contributed by atoms with Crippen LogP contribution >= 0.6 is 22.9 Å². The Balaban J connectivity index is 2.06. The maximum atomic E-state index is 9.83. The minimum Gasteiger partial charge on any atom is -0.395 e. The van der Waals surface area contributed by atoms with Crippen LogP contribution in [0.2, 0.25) is 5.02 Å². The molecular weight excluding hydrogens is 266 g/mol. The van der Waals surface area contributed by atoms with Crippen LogP contribution in [0, 0.1) is 0 Å². The number of nitrogens with one attached hydrogen (secondary N) is 1. The van der Waals surface area contributed by atoms with Gasteiger partial charge in [0.05, 0.1) is 6.61 Å². The van der Waals surface area contributed by atoms with Gasteiger partial charge in [0, 0.05) is 20.0 Å². The van der Waals surface area contributed by atoms with E-state index in [1.165, 1.54) is 15.0 Å². The van der Waals surface area contributed by atoms with Crippen LogP contribution in [0.15, 0.2) is 24.3 Å². The highest BCUT2D eigenvalue weighted by Crippen LogP contribution is 2.40. The van der Waals surface area contributed by atoms with Crippen LogP contribution in [0.4, 0.5) is 0 Å². The van der Waals surface area contributed by atoms with Gasteiger partial charge in [0.15, 0.2) is 0 Å². The van der Waals surface area contributed by atoms with Gasteiger partial charge >= 0.3 is 0 Å². The largest absolute Gasteiger partial charge is 0.395 e. The number of aliphatic hydroxyl groups is 1. The minimum absolute atomic E-state index is 0.0542. The van der Waals surface area contributed by atoms with E-state index in [2.05, 4.69) is 17.4 Å². The molecule has 0 saturated carbocycles. The molecule has 1 aliphatic heterocycles. The van der Waals surface area contributed by atoms with Gasteiger partial charge in [-0.15, -0.1) is 11.3 Å². The second-order valence-electron chi connectivity index (χ2n) is 4.98. The maximum Gasteiger partial charge on any atom is 0.0536 e. The lowest BCUT2D eigenvalue weighted by atomic mass is 9.78. The third kappa shape index (κ3) is 2.05. The van der Waals surface area contributed by atoms with E-state index >= 15 is 0 Å². The Hall–Kier alpha value is -0.610. The Morgan fingerprint density at radius 1 is 1.28 bits per heavy atom. The normalized spacial score (nSPS) is 19.2. The van der Waals surface area contributed by atoms with Crippen LogP contribution in [0.1, 0.15) is 17.7 Å². The molecule has 1 fully saturated rings. The molecule has 0 spiro atoms. The zero-order valence-corrected chi connectivity index (χ0v) is 11.7. The third-order valence-corrected chi connectivity index (χ3v) is 5.46. The van der Waals surface area contributed by atoms with E-state index in [-0.39, 0.29) is 12.0 Å². The number of halogens is 1. The van der Waals surface area contributed by atoms with Crippen LogP contribution in [0.25, 0.3) is 10.1 Å². The molecule has 0 bridgehead atoms. The molecule has 0 amide bonds. The average molecular weight is 282 g/mol. The average Bonchev–Trinajstić information content (AvgIpc) is 2.83. The van der Waals surface area contributed by atoms with Crippen molar-refractivity contribution in [2.45, 2.75) is 18.3 Å². The van der Waals surface area contributed by atoms with Gasteiger partial charge in [0.2, 0.25) is 0 Å². The van der Waals surface area contributed by atoms with E-state index in [0.717, 1.165) is 31.0 Å². The summed E-state index contributed by atoms with van der Waals surface area (Å²) < 4.78 is 1.25. The predicted molar refractivity (Wildman–Crippen MR) is 77.7 cm³/mol. The van der Waals surface area contributed by atoms with Gasteiger partial charge in [-0.3, -0.25) is 0 Å². The van der Waals surface area contributed by atoms with Gasteiger partial charge in [0.25, 0.3) is 0 Å². The fourth-order valence-electron chi connectivity index (χ4n) is 2.66. The highest BCUT2D eigenvalue weighted by molar-refractivity contribution is 7.19. The Morgan fingerprint density at radius 2 is 2.06 bits per heavy atom. The Bertz CT molecular complexity index is 560. The Morgan fingerprint density at radius 3 is 2.78 bits per heavy atom. The lowest BCUT2D eigenvalue weighted by Gasteiger charge is -2.35.